The molecule has 2 aliphatic heterocycles. The van der Waals surface area contributed by atoms with Crippen molar-refractivity contribution in [3.63, 3.8) is 0 Å². The monoisotopic (exact) mass is 438 g/mol. The van der Waals surface area contributed by atoms with Crippen molar-refractivity contribution in [2.75, 3.05) is 9.80 Å². The maximum atomic E-state index is 5.34. The predicted octanol–water partition coefficient (Wildman–Crippen LogP) is 6.98. The summed E-state index contributed by atoms with van der Waals surface area (Å²) in [7, 11) is 0. The maximum Gasteiger partial charge on any atom is 0.179 e. The van der Waals surface area contributed by atoms with Crippen LogP contribution in [0.4, 0.5) is 23.0 Å². The molecule has 4 heteroatoms. The largest absolute Gasteiger partial charge is 0.301 e. The average Bonchev–Trinajstić information content (AvgIpc) is 3.43. The molecule has 0 spiro atoms. The maximum absolute atomic E-state index is 5.34. The van der Waals surface area contributed by atoms with Gasteiger partial charge in [0.15, 0.2) is 11.6 Å². The van der Waals surface area contributed by atoms with Crippen molar-refractivity contribution in [2.45, 2.75) is 12.6 Å². The summed E-state index contributed by atoms with van der Waals surface area (Å²) in [5.41, 5.74) is 7.63. The smallest absolute Gasteiger partial charge is 0.179 e. The Kier molecular flexibility index (Phi) is 4.24. The standard InChI is InChI=1S/C30H22N4/c1-4-12-21(13-5-1)27-28(22-14-6-2-7-15-22)32-30-29(31-27)33(24-17-8-3-9-18-24)26-20-23-16-10-11-19-25(23)34(26)30/h1-19,26H,20H2. The van der Waals surface area contributed by atoms with Gasteiger partial charge in [-0.25, -0.2) is 9.97 Å². The van der Waals surface area contributed by atoms with Crippen LogP contribution in [0.2, 0.25) is 0 Å². The lowest BCUT2D eigenvalue weighted by Crippen LogP contribution is -2.36. The van der Waals surface area contributed by atoms with Crippen LogP contribution in [0, 0.1) is 0 Å². The van der Waals surface area contributed by atoms with E-state index >= 15 is 0 Å². The highest BCUT2D eigenvalue weighted by Gasteiger charge is 2.45. The summed E-state index contributed by atoms with van der Waals surface area (Å²) in [6.45, 7) is 0. The minimum Gasteiger partial charge on any atom is -0.301 e. The molecule has 0 bridgehead atoms. The van der Waals surface area contributed by atoms with Gasteiger partial charge in [-0.3, -0.25) is 0 Å². The Bertz CT molecular complexity index is 1420. The summed E-state index contributed by atoms with van der Waals surface area (Å²) in [6.07, 6.45) is 1.04. The van der Waals surface area contributed by atoms with Gasteiger partial charge in [-0.2, -0.15) is 0 Å². The van der Waals surface area contributed by atoms with Gasteiger partial charge in [0.25, 0.3) is 0 Å². The Morgan fingerprint density at radius 1 is 0.529 bits per heavy atom. The highest BCUT2D eigenvalue weighted by Crippen LogP contribution is 2.52. The van der Waals surface area contributed by atoms with Crippen LogP contribution in [-0.4, -0.2) is 16.1 Å². The zero-order valence-electron chi connectivity index (χ0n) is 18.5. The molecule has 2 aliphatic rings. The van der Waals surface area contributed by atoms with Crippen molar-refractivity contribution < 1.29 is 0 Å². The minimum absolute atomic E-state index is 0.115. The fraction of sp³-hybridized carbons (Fsp3) is 0.0667. The zero-order chi connectivity index (χ0) is 22.5. The van der Waals surface area contributed by atoms with Crippen LogP contribution < -0.4 is 9.80 Å². The molecule has 0 radical (unpaired) electrons. The zero-order valence-corrected chi connectivity index (χ0v) is 18.5. The number of hydrogen-bond donors (Lipinski definition) is 0. The SMILES string of the molecule is c1ccc(-c2nc3c(nc2-c2ccccc2)N2c4ccccc4CC2N3c2ccccc2)cc1. The normalized spacial score (nSPS) is 15.7. The quantitative estimate of drug-likeness (QED) is 0.304. The Balaban J connectivity index is 1.52. The summed E-state index contributed by atoms with van der Waals surface area (Å²) in [4.78, 5) is 15.4. The summed E-state index contributed by atoms with van der Waals surface area (Å²) >= 11 is 0. The van der Waals surface area contributed by atoms with Gasteiger partial charge in [0, 0.05) is 28.9 Å². The van der Waals surface area contributed by atoms with Gasteiger partial charge in [0.2, 0.25) is 0 Å². The molecule has 4 nitrogen and oxygen atoms in total. The van der Waals surface area contributed by atoms with E-state index in [9.17, 15) is 0 Å². The number of hydrogen-bond acceptors (Lipinski definition) is 4. The molecule has 0 saturated heterocycles. The minimum atomic E-state index is 0.115. The summed E-state index contributed by atoms with van der Waals surface area (Å²) in [5.74, 6) is 1.82. The first-order valence-corrected chi connectivity index (χ1v) is 11.6. The van der Waals surface area contributed by atoms with Crippen molar-refractivity contribution in [1.82, 2.24) is 9.97 Å². The molecule has 0 N–H and O–H groups in total. The van der Waals surface area contributed by atoms with Crippen LogP contribution in [0.1, 0.15) is 5.56 Å². The lowest BCUT2D eigenvalue weighted by atomic mass is 10.0. The fourth-order valence-electron chi connectivity index (χ4n) is 5.19. The van der Waals surface area contributed by atoms with Crippen LogP contribution in [-0.2, 0) is 6.42 Å². The Hall–Kier alpha value is -4.44. The van der Waals surface area contributed by atoms with E-state index in [1.54, 1.807) is 0 Å². The summed E-state index contributed by atoms with van der Waals surface area (Å²) < 4.78 is 0. The van der Waals surface area contributed by atoms with E-state index < -0.39 is 0 Å². The summed E-state index contributed by atoms with van der Waals surface area (Å²) in [5, 5.41) is 0. The molecule has 162 valence electrons. The molecule has 5 aromatic rings. The van der Waals surface area contributed by atoms with Crippen molar-refractivity contribution in [3.05, 3.63) is 121 Å². The van der Waals surface area contributed by atoms with Gasteiger partial charge in [0.05, 0.1) is 11.4 Å². The molecule has 1 atom stereocenters. The second-order valence-corrected chi connectivity index (χ2v) is 8.69. The van der Waals surface area contributed by atoms with Crippen LogP contribution in [0.5, 0.6) is 0 Å². The molecule has 0 amide bonds. The van der Waals surface area contributed by atoms with E-state index in [0.717, 1.165) is 46.3 Å². The highest BCUT2D eigenvalue weighted by molar-refractivity contribution is 5.91. The molecular formula is C30H22N4. The van der Waals surface area contributed by atoms with Crippen LogP contribution in [0.25, 0.3) is 22.5 Å². The van der Waals surface area contributed by atoms with Gasteiger partial charge in [-0.15, -0.1) is 0 Å². The average molecular weight is 439 g/mol. The van der Waals surface area contributed by atoms with Crippen LogP contribution >= 0.6 is 0 Å². The van der Waals surface area contributed by atoms with E-state index in [-0.39, 0.29) is 6.17 Å². The Morgan fingerprint density at radius 2 is 1.03 bits per heavy atom. The molecule has 0 fully saturated rings. The third kappa shape index (κ3) is 2.85. The molecule has 1 aromatic heterocycles. The molecule has 7 rings (SSSR count). The summed E-state index contributed by atoms with van der Waals surface area (Å²) in [6, 6.07) is 40.0. The first-order chi connectivity index (χ1) is 16.9. The lowest BCUT2D eigenvalue weighted by Gasteiger charge is -2.26. The number of aromatic nitrogens is 2. The van der Waals surface area contributed by atoms with Crippen molar-refractivity contribution in [1.29, 1.82) is 0 Å². The van der Waals surface area contributed by atoms with E-state index in [0.29, 0.717) is 0 Å². The number of rotatable bonds is 3. The molecule has 4 aromatic carbocycles. The molecular weight excluding hydrogens is 416 g/mol. The first kappa shape index (κ1) is 19.1. The number of benzene rings is 4. The number of para-hydroxylation sites is 2. The van der Waals surface area contributed by atoms with Crippen molar-refractivity contribution in [2.24, 2.45) is 0 Å². The van der Waals surface area contributed by atoms with Crippen LogP contribution in [0.3, 0.4) is 0 Å². The van der Waals surface area contributed by atoms with Crippen molar-refractivity contribution in [3.8, 4) is 22.5 Å². The Labute approximate surface area is 198 Å². The van der Waals surface area contributed by atoms with Gasteiger partial charge >= 0.3 is 0 Å². The van der Waals surface area contributed by atoms with E-state index in [2.05, 4.69) is 113 Å². The van der Waals surface area contributed by atoms with E-state index in [1.165, 1.54) is 11.3 Å². The fourth-order valence-corrected chi connectivity index (χ4v) is 5.19. The highest BCUT2D eigenvalue weighted by atomic mass is 15.5. The molecule has 34 heavy (non-hydrogen) atoms. The third-order valence-electron chi connectivity index (χ3n) is 6.69. The van der Waals surface area contributed by atoms with Gasteiger partial charge in [0.1, 0.15) is 6.17 Å². The molecule has 1 unspecified atom stereocenters. The molecule has 0 saturated carbocycles. The number of fused-ring (bicyclic) bond motifs is 5. The van der Waals surface area contributed by atoms with E-state index in [1.807, 2.05) is 12.1 Å². The van der Waals surface area contributed by atoms with E-state index in [4.69, 9.17) is 9.97 Å². The Morgan fingerprint density at radius 3 is 1.65 bits per heavy atom. The van der Waals surface area contributed by atoms with Crippen LogP contribution in [0.15, 0.2) is 115 Å². The second-order valence-electron chi connectivity index (χ2n) is 8.69. The van der Waals surface area contributed by atoms with Gasteiger partial charge < -0.3 is 9.80 Å². The molecule has 3 heterocycles. The van der Waals surface area contributed by atoms with Gasteiger partial charge in [-0.05, 0) is 23.8 Å². The van der Waals surface area contributed by atoms with Crippen molar-refractivity contribution >= 4 is 23.0 Å². The third-order valence-corrected chi connectivity index (χ3v) is 6.69. The topological polar surface area (TPSA) is 32.3 Å². The number of anilines is 4. The lowest BCUT2D eigenvalue weighted by molar-refractivity contribution is 0.723. The van der Waals surface area contributed by atoms with Gasteiger partial charge in [-0.1, -0.05) is 97.1 Å². The predicted molar refractivity (Wildman–Crippen MR) is 138 cm³/mol. The second kappa shape index (κ2) is 7.56. The first-order valence-electron chi connectivity index (χ1n) is 11.6. The number of nitrogens with zero attached hydrogens (tertiary/aromatic N) is 4. The molecule has 0 aliphatic carbocycles.